The molecule has 1 saturated heterocycles. The lowest BCUT2D eigenvalue weighted by molar-refractivity contribution is 0.166. The number of fused-ring (bicyclic) bond motifs is 5. The molecule has 4 nitrogen and oxygen atoms in total. The second kappa shape index (κ2) is 5.35. The summed E-state index contributed by atoms with van der Waals surface area (Å²) in [5.74, 6) is 0.889. The summed E-state index contributed by atoms with van der Waals surface area (Å²) in [6, 6.07) is 11.7. The summed E-state index contributed by atoms with van der Waals surface area (Å²) < 4.78 is 0. The highest BCUT2D eigenvalue weighted by Crippen LogP contribution is 2.43. The molecule has 2 bridgehead atoms. The highest BCUT2D eigenvalue weighted by Gasteiger charge is 2.40. The molecular weight excluding hydrogens is 296 g/mol. The monoisotopic (exact) mass is 316 g/mol. The van der Waals surface area contributed by atoms with Crippen LogP contribution in [0.3, 0.4) is 0 Å². The molecule has 3 aromatic rings. The lowest BCUT2D eigenvalue weighted by Crippen LogP contribution is -2.37. The van der Waals surface area contributed by atoms with E-state index in [4.69, 9.17) is 4.98 Å². The number of hydrogen-bond acceptors (Lipinski definition) is 4. The maximum absolute atomic E-state index is 4.70. The fraction of sp³-hybridized carbons (Fsp3) is 0.350. The molecule has 2 aliphatic rings. The Morgan fingerprint density at radius 1 is 1.12 bits per heavy atom. The van der Waals surface area contributed by atoms with Crippen LogP contribution in [0.15, 0.2) is 42.7 Å². The van der Waals surface area contributed by atoms with E-state index in [0.29, 0.717) is 12.1 Å². The Kier molecular flexibility index (Phi) is 3.13. The van der Waals surface area contributed by atoms with Gasteiger partial charge >= 0.3 is 0 Å². The molecule has 0 spiro atoms. The number of rotatable bonds is 2. The van der Waals surface area contributed by atoms with E-state index >= 15 is 0 Å². The number of para-hydroxylation sites is 1. The average molecular weight is 316 g/mol. The zero-order chi connectivity index (χ0) is 16.1. The van der Waals surface area contributed by atoms with Crippen molar-refractivity contribution in [3.63, 3.8) is 0 Å². The highest BCUT2D eigenvalue weighted by atomic mass is 15.2. The fourth-order valence-corrected chi connectivity index (χ4v) is 4.41. The third-order valence-electron chi connectivity index (χ3n) is 5.52. The first-order valence-corrected chi connectivity index (χ1v) is 8.70. The summed E-state index contributed by atoms with van der Waals surface area (Å²) in [4.78, 5) is 16.4. The van der Waals surface area contributed by atoms with Crippen molar-refractivity contribution in [3.05, 3.63) is 65.4 Å². The Morgan fingerprint density at radius 3 is 3.00 bits per heavy atom. The maximum Gasteiger partial charge on any atom is 0.125 e. The van der Waals surface area contributed by atoms with Crippen LogP contribution in [-0.4, -0.2) is 25.9 Å². The SMILES string of the molecule is Cc1ncc2c(n1)C[C@@H]1CC[C@H]2N1Cc1cccc2cccnc12. The molecule has 2 aliphatic heterocycles. The van der Waals surface area contributed by atoms with Crippen molar-refractivity contribution in [1.82, 2.24) is 19.9 Å². The molecule has 0 saturated carbocycles. The predicted octanol–water partition coefficient (Wildman–Crippen LogP) is 3.60. The molecule has 1 aromatic carbocycles. The molecule has 4 heteroatoms. The van der Waals surface area contributed by atoms with Crippen LogP contribution in [0.1, 0.15) is 41.5 Å². The lowest BCUT2D eigenvalue weighted by atomic mass is 9.98. The Hall–Kier alpha value is -2.33. The molecule has 4 heterocycles. The quantitative estimate of drug-likeness (QED) is 0.724. The van der Waals surface area contributed by atoms with Crippen LogP contribution in [-0.2, 0) is 13.0 Å². The van der Waals surface area contributed by atoms with E-state index in [-0.39, 0.29) is 0 Å². The molecule has 120 valence electrons. The Bertz CT molecular complexity index is 915. The summed E-state index contributed by atoms with van der Waals surface area (Å²) >= 11 is 0. The van der Waals surface area contributed by atoms with Crippen LogP contribution in [0, 0.1) is 6.92 Å². The largest absolute Gasteiger partial charge is 0.289 e. The predicted molar refractivity (Wildman–Crippen MR) is 93.5 cm³/mol. The van der Waals surface area contributed by atoms with Crippen LogP contribution >= 0.6 is 0 Å². The summed E-state index contributed by atoms with van der Waals surface area (Å²) in [6.45, 7) is 2.94. The van der Waals surface area contributed by atoms with Gasteiger partial charge in [-0.3, -0.25) is 9.88 Å². The smallest absolute Gasteiger partial charge is 0.125 e. The third kappa shape index (κ3) is 2.13. The van der Waals surface area contributed by atoms with Crippen molar-refractivity contribution in [2.45, 2.75) is 44.8 Å². The van der Waals surface area contributed by atoms with Gasteiger partial charge in [0.15, 0.2) is 0 Å². The van der Waals surface area contributed by atoms with Gasteiger partial charge in [-0.1, -0.05) is 24.3 Å². The van der Waals surface area contributed by atoms with E-state index in [1.54, 1.807) is 0 Å². The summed E-state index contributed by atoms with van der Waals surface area (Å²) in [6.07, 6.45) is 7.45. The van der Waals surface area contributed by atoms with Crippen LogP contribution in [0.25, 0.3) is 10.9 Å². The third-order valence-corrected chi connectivity index (χ3v) is 5.52. The lowest BCUT2D eigenvalue weighted by Gasteiger charge is -2.35. The van der Waals surface area contributed by atoms with Crippen molar-refractivity contribution in [2.75, 3.05) is 0 Å². The number of benzene rings is 1. The molecule has 1 fully saturated rings. The standard InChI is InChI=1S/C20H20N4/c1-13-22-11-17-18(23-13)10-16-7-8-19(17)24(16)12-15-5-2-4-14-6-3-9-21-20(14)15/h2-6,9,11,16,19H,7-8,10,12H2,1H3/t16-,19+/m0/s1. The van der Waals surface area contributed by atoms with Gasteiger partial charge in [0.2, 0.25) is 0 Å². The molecule has 0 aliphatic carbocycles. The summed E-state index contributed by atoms with van der Waals surface area (Å²) in [7, 11) is 0. The minimum atomic E-state index is 0.457. The number of hydrogen-bond donors (Lipinski definition) is 0. The van der Waals surface area contributed by atoms with Gasteiger partial charge < -0.3 is 0 Å². The Morgan fingerprint density at radius 2 is 2.04 bits per heavy atom. The normalized spacial score (nSPS) is 22.7. The maximum atomic E-state index is 4.70. The molecular formula is C20H20N4. The zero-order valence-electron chi connectivity index (χ0n) is 13.8. The van der Waals surface area contributed by atoms with Crippen LogP contribution in [0.4, 0.5) is 0 Å². The first-order chi connectivity index (χ1) is 11.8. The van der Waals surface area contributed by atoms with E-state index in [2.05, 4.69) is 45.3 Å². The molecule has 2 aromatic heterocycles. The van der Waals surface area contributed by atoms with E-state index in [1.807, 2.05) is 19.2 Å². The number of aromatic nitrogens is 3. The van der Waals surface area contributed by atoms with Crippen molar-refractivity contribution in [1.29, 1.82) is 0 Å². The first-order valence-electron chi connectivity index (χ1n) is 8.70. The van der Waals surface area contributed by atoms with E-state index in [1.165, 1.54) is 35.0 Å². The van der Waals surface area contributed by atoms with Crippen molar-refractivity contribution in [2.24, 2.45) is 0 Å². The fourth-order valence-electron chi connectivity index (χ4n) is 4.41. The molecule has 0 N–H and O–H groups in total. The summed E-state index contributed by atoms with van der Waals surface area (Å²) in [5.41, 5.74) is 5.05. The van der Waals surface area contributed by atoms with Gasteiger partial charge in [-0.15, -0.1) is 0 Å². The second-order valence-corrected chi connectivity index (χ2v) is 6.93. The molecule has 24 heavy (non-hydrogen) atoms. The van der Waals surface area contributed by atoms with Crippen molar-refractivity contribution in [3.8, 4) is 0 Å². The highest BCUT2D eigenvalue weighted by molar-refractivity contribution is 5.81. The van der Waals surface area contributed by atoms with Gasteiger partial charge in [-0.05, 0) is 31.4 Å². The van der Waals surface area contributed by atoms with Gasteiger partial charge in [0.05, 0.1) is 11.2 Å². The topological polar surface area (TPSA) is 41.9 Å². The van der Waals surface area contributed by atoms with Crippen LogP contribution < -0.4 is 0 Å². The average Bonchev–Trinajstić information content (AvgIpc) is 2.88. The van der Waals surface area contributed by atoms with Crippen molar-refractivity contribution >= 4 is 10.9 Å². The number of aryl methyl sites for hydroxylation is 1. The van der Waals surface area contributed by atoms with Crippen LogP contribution in [0.5, 0.6) is 0 Å². The van der Waals surface area contributed by atoms with Crippen molar-refractivity contribution < 1.29 is 0 Å². The van der Waals surface area contributed by atoms with E-state index in [0.717, 1.165) is 24.3 Å². The Labute approximate surface area is 141 Å². The molecule has 0 radical (unpaired) electrons. The van der Waals surface area contributed by atoms with Crippen LogP contribution in [0.2, 0.25) is 0 Å². The number of nitrogens with zero attached hydrogens (tertiary/aromatic N) is 4. The minimum Gasteiger partial charge on any atom is -0.289 e. The van der Waals surface area contributed by atoms with Gasteiger partial charge in [0.1, 0.15) is 5.82 Å². The molecule has 5 rings (SSSR count). The molecule has 0 amide bonds. The molecule has 2 atom stereocenters. The first kappa shape index (κ1) is 14.1. The van der Waals surface area contributed by atoms with E-state index < -0.39 is 0 Å². The molecule has 0 unspecified atom stereocenters. The number of pyridine rings is 1. The van der Waals surface area contributed by atoms with Gasteiger partial charge in [0, 0.05) is 48.4 Å². The zero-order valence-corrected chi connectivity index (χ0v) is 13.8. The van der Waals surface area contributed by atoms with Gasteiger partial charge in [-0.25, -0.2) is 9.97 Å². The summed E-state index contributed by atoms with van der Waals surface area (Å²) in [5, 5.41) is 1.22. The minimum absolute atomic E-state index is 0.457. The van der Waals surface area contributed by atoms with Gasteiger partial charge in [-0.2, -0.15) is 0 Å². The second-order valence-electron chi connectivity index (χ2n) is 6.93. The Balaban J connectivity index is 1.53. The van der Waals surface area contributed by atoms with E-state index in [9.17, 15) is 0 Å². The van der Waals surface area contributed by atoms with Gasteiger partial charge in [0.25, 0.3) is 0 Å².